The van der Waals surface area contributed by atoms with Crippen molar-refractivity contribution in [3.05, 3.63) is 64.7 Å². The molecule has 23 heavy (non-hydrogen) atoms. The van der Waals surface area contributed by atoms with Crippen molar-refractivity contribution in [1.82, 2.24) is 0 Å². The van der Waals surface area contributed by atoms with Crippen molar-refractivity contribution in [3.63, 3.8) is 0 Å². The molecule has 0 atom stereocenters. The van der Waals surface area contributed by atoms with Gasteiger partial charge in [-0.1, -0.05) is 18.2 Å². The smallest absolute Gasteiger partial charge is 0.338 e. The lowest BCUT2D eigenvalue weighted by Crippen LogP contribution is -2.30. The summed E-state index contributed by atoms with van der Waals surface area (Å²) in [6, 6.07) is 11.6. The van der Waals surface area contributed by atoms with Crippen LogP contribution in [-0.2, 0) is 4.74 Å². The van der Waals surface area contributed by atoms with Crippen LogP contribution >= 0.6 is 0 Å². The molecule has 1 aliphatic heterocycles. The number of fused-ring (bicyclic) bond motifs is 1. The number of carbonyl (C=O) groups excluding carboxylic acids is 3. The number of hydrogen-bond acceptors (Lipinski definition) is 4. The second kappa shape index (κ2) is 5.68. The summed E-state index contributed by atoms with van der Waals surface area (Å²) >= 11 is 0. The summed E-state index contributed by atoms with van der Waals surface area (Å²) in [4.78, 5) is 38.2. The zero-order valence-electron chi connectivity index (χ0n) is 12.8. The standard InChI is InChI=1S/C18H15NO4/c1-3-23-18(22)12-9-6-10-15(11(12)2)19-16(20)13-7-4-5-8-14(13)17(19)21/h4-10H,3H2,1-2H3. The molecular formula is C18H15NO4. The quantitative estimate of drug-likeness (QED) is 0.646. The lowest BCUT2D eigenvalue weighted by Gasteiger charge is -2.18. The van der Waals surface area contributed by atoms with E-state index in [4.69, 9.17) is 4.74 Å². The highest BCUT2D eigenvalue weighted by Gasteiger charge is 2.37. The third kappa shape index (κ3) is 2.30. The van der Waals surface area contributed by atoms with Gasteiger partial charge in [0, 0.05) is 0 Å². The second-order valence-corrected chi connectivity index (χ2v) is 5.16. The fourth-order valence-corrected chi connectivity index (χ4v) is 2.70. The predicted octanol–water partition coefficient (Wildman–Crippen LogP) is 2.97. The van der Waals surface area contributed by atoms with Gasteiger partial charge in [-0.25, -0.2) is 9.69 Å². The molecule has 1 heterocycles. The third-order valence-electron chi connectivity index (χ3n) is 3.84. The van der Waals surface area contributed by atoms with E-state index in [1.54, 1.807) is 56.3 Å². The summed E-state index contributed by atoms with van der Waals surface area (Å²) in [5.41, 5.74) is 2.04. The Morgan fingerprint density at radius 3 is 2.17 bits per heavy atom. The summed E-state index contributed by atoms with van der Waals surface area (Å²) in [7, 11) is 0. The molecule has 2 aromatic rings. The first kappa shape index (κ1) is 15.0. The van der Waals surface area contributed by atoms with Gasteiger partial charge in [0.05, 0.1) is 29.0 Å². The molecule has 0 radical (unpaired) electrons. The van der Waals surface area contributed by atoms with Crippen molar-refractivity contribution < 1.29 is 19.1 Å². The third-order valence-corrected chi connectivity index (χ3v) is 3.84. The predicted molar refractivity (Wildman–Crippen MR) is 84.7 cm³/mol. The van der Waals surface area contributed by atoms with Gasteiger partial charge in [-0.2, -0.15) is 0 Å². The largest absolute Gasteiger partial charge is 0.462 e. The topological polar surface area (TPSA) is 63.7 Å². The highest BCUT2D eigenvalue weighted by atomic mass is 16.5. The van der Waals surface area contributed by atoms with Crippen LogP contribution in [0.15, 0.2) is 42.5 Å². The molecule has 0 bridgehead atoms. The van der Waals surface area contributed by atoms with Crippen LogP contribution in [0.5, 0.6) is 0 Å². The van der Waals surface area contributed by atoms with E-state index in [1.165, 1.54) is 0 Å². The fraction of sp³-hybridized carbons (Fsp3) is 0.167. The van der Waals surface area contributed by atoms with Crippen LogP contribution in [0.2, 0.25) is 0 Å². The molecule has 5 nitrogen and oxygen atoms in total. The van der Waals surface area contributed by atoms with E-state index in [0.717, 1.165) is 4.90 Å². The molecule has 116 valence electrons. The minimum Gasteiger partial charge on any atom is -0.462 e. The van der Waals surface area contributed by atoms with Crippen molar-refractivity contribution in [3.8, 4) is 0 Å². The first-order valence-corrected chi connectivity index (χ1v) is 7.30. The van der Waals surface area contributed by atoms with E-state index in [9.17, 15) is 14.4 Å². The minimum atomic E-state index is -0.469. The van der Waals surface area contributed by atoms with Crippen molar-refractivity contribution in [2.24, 2.45) is 0 Å². The molecule has 0 saturated carbocycles. The number of ether oxygens (including phenoxy) is 1. The van der Waals surface area contributed by atoms with Gasteiger partial charge in [-0.15, -0.1) is 0 Å². The summed E-state index contributed by atoms with van der Waals surface area (Å²) in [5.74, 6) is -1.23. The van der Waals surface area contributed by atoms with Crippen molar-refractivity contribution in [2.45, 2.75) is 13.8 Å². The molecule has 1 aliphatic rings. The van der Waals surface area contributed by atoms with Gasteiger partial charge < -0.3 is 4.74 Å². The Bertz CT molecular complexity index is 791. The molecule has 0 aliphatic carbocycles. The Labute approximate surface area is 133 Å². The average Bonchev–Trinajstić information content (AvgIpc) is 2.80. The normalized spacial score (nSPS) is 13.2. The van der Waals surface area contributed by atoms with Crippen LogP contribution in [0.25, 0.3) is 0 Å². The van der Waals surface area contributed by atoms with Gasteiger partial charge in [0.15, 0.2) is 0 Å². The lowest BCUT2D eigenvalue weighted by atomic mass is 10.1. The van der Waals surface area contributed by atoms with Crippen LogP contribution in [0.1, 0.15) is 43.6 Å². The van der Waals surface area contributed by atoms with Crippen LogP contribution in [0, 0.1) is 6.92 Å². The zero-order chi connectivity index (χ0) is 16.6. The maximum atomic E-state index is 12.6. The number of hydrogen-bond donors (Lipinski definition) is 0. The van der Waals surface area contributed by atoms with Gasteiger partial charge in [-0.05, 0) is 43.7 Å². The molecular weight excluding hydrogens is 294 g/mol. The van der Waals surface area contributed by atoms with Crippen LogP contribution in [-0.4, -0.2) is 24.4 Å². The van der Waals surface area contributed by atoms with E-state index in [0.29, 0.717) is 27.9 Å². The van der Waals surface area contributed by atoms with E-state index in [2.05, 4.69) is 0 Å². The Balaban J connectivity index is 2.07. The Hall–Kier alpha value is -2.95. The SMILES string of the molecule is CCOC(=O)c1cccc(N2C(=O)c3ccccc3C2=O)c1C. The lowest BCUT2D eigenvalue weighted by molar-refractivity contribution is 0.0525. The Morgan fingerprint density at radius 2 is 1.61 bits per heavy atom. The molecule has 3 rings (SSSR count). The highest BCUT2D eigenvalue weighted by Crippen LogP contribution is 2.31. The maximum Gasteiger partial charge on any atom is 0.338 e. The van der Waals surface area contributed by atoms with Gasteiger partial charge in [0.2, 0.25) is 0 Å². The average molecular weight is 309 g/mol. The first-order chi connectivity index (χ1) is 11.1. The van der Waals surface area contributed by atoms with E-state index in [-0.39, 0.29) is 18.4 Å². The number of carbonyl (C=O) groups is 3. The zero-order valence-corrected chi connectivity index (χ0v) is 12.8. The Kier molecular flexibility index (Phi) is 3.70. The molecule has 2 aromatic carbocycles. The van der Waals surface area contributed by atoms with Gasteiger partial charge in [-0.3, -0.25) is 9.59 Å². The molecule has 0 saturated heterocycles. The van der Waals surface area contributed by atoms with Crippen molar-refractivity contribution in [1.29, 1.82) is 0 Å². The number of amides is 2. The summed E-state index contributed by atoms with van der Waals surface area (Å²) in [6.45, 7) is 3.68. The number of benzene rings is 2. The molecule has 0 fully saturated rings. The van der Waals surface area contributed by atoms with Crippen LogP contribution < -0.4 is 4.90 Å². The van der Waals surface area contributed by atoms with Crippen LogP contribution in [0.3, 0.4) is 0 Å². The first-order valence-electron chi connectivity index (χ1n) is 7.30. The van der Waals surface area contributed by atoms with E-state index >= 15 is 0 Å². The molecule has 0 unspecified atom stereocenters. The number of esters is 1. The second-order valence-electron chi connectivity index (χ2n) is 5.16. The number of rotatable bonds is 3. The number of nitrogens with zero attached hydrogens (tertiary/aromatic N) is 1. The number of imide groups is 1. The Morgan fingerprint density at radius 1 is 1.00 bits per heavy atom. The highest BCUT2D eigenvalue weighted by molar-refractivity contribution is 6.34. The van der Waals surface area contributed by atoms with Gasteiger partial charge >= 0.3 is 5.97 Å². The van der Waals surface area contributed by atoms with Crippen LogP contribution in [0.4, 0.5) is 5.69 Å². The molecule has 2 amide bonds. The monoisotopic (exact) mass is 309 g/mol. The maximum absolute atomic E-state index is 12.6. The molecule has 0 aromatic heterocycles. The minimum absolute atomic E-state index is 0.259. The fourth-order valence-electron chi connectivity index (χ4n) is 2.70. The van der Waals surface area contributed by atoms with Gasteiger partial charge in [0.25, 0.3) is 11.8 Å². The van der Waals surface area contributed by atoms with E-state index in [1.807, 2.05) is 0 Å². The van der Waals surface area contributed by atoms with Crippen molar-refractivity contribution in [2.75, 3.05) is 11.5 Å². The molecule has 0 spiro atoms. The summed E-state index contributed by atoms with van der Waals surface area (Å²) in [5, 5.41) is 0. The number of anilines is 1. The molecule has 5 heteroatoms. The van der Waals surface area contributed by atoms with Crippen molar-refractivity contribution >= 4 is 23.5 Å². The summed E-state index contributed by atoms with van der Waals surface area (Å²) < 4.78 is 5.01. The van der Waals surface area contributed by atoms with E-state index < -0.39 is 5.97 Å². The van der Waals surface area contributed by atoms with Gasteiger partial charge in [0.1, 0.15) is 0 Å². The molecule has 0 N–H and O–H groups in total. The summed E-state index contributed by atoms with van der Waals surface area (Å²) in [6.07, 6.45) is 0.